The van der Waals surface area contributed by atoms with Crippen LogP contribution in [0.2, 0.25) is 0 Å². The van der Waals surface area contributed by atoms with Gasteiger partial charge in [0.15, 0.2) is 6.61 Å². The smallest absolute Gasteiger partial charge is 0.338 e. The van der Waals surface area contributed by atoms with Crippen LogP contribution in [0.5, 0.6) is 0 Å². The number of hydrogen-bond donors (Lipinski definition) is 3. The molecule has 0 saturated heterocycles. The highest BCUT2D eigenvalue weighted by Gasteiger charge is 2.13. The van der Waals surface area contributed by atoms with Crippen LogP contribution in [-0.4, -0.2) is 36.5 Å². The summed E-state index contributed by atoms with van der Waals surface area (Å²) in [5.74, 6) is -1.65. The molecule has 24 heavy (non-hydrogen) atoms. The van der Waals surface area contributed by atoms with Gasteiger partial charge in [-0.25, -0.2) is 9.59 Å². The topological polar surface area (TPSA) is 114 Å². The van der Waals surface area contributed by atoms with E-state index in [1.165, 1.54) is 31.2 Å². The number of imide groups is 1. The zero-order chi connectivity index (χ0) is 18.1. The summed E-state index contributed by atoms with van der Waals surface area (Å²) in [5, 5.41) is 7.19. The van der Waals surface area contributed by atoms with Gasteiger partial charge < -0.3 is 15.4 Å². The number of carbonyl (C=O) groups is 4. The van der Waals surface area contributed by atoms with E-state index in [0.29, 0.717) is 5.69 Å². The maximum absolute atomic E-state index is 11.8. The second kappa shape index (κ2) is 9.29. The van der Waals surface area contributed by atoms with Crippen LogP contribution in [0.3, 0.4) is 0 Å². The monoisotopic (exact) mass is 335 g/mol. The molecule has 0 spiro atoms. The third-order valence-electron chi connectivity index (χ3n) is 3.02. The van der Waals surface area contributed by atoms with Gasteiger partial charge >= 0.3 is 12.0 Å². The molecule has 0 fully saturated rings. The van der Waals surface area contributed by atoms with E-state index in [2.05, 4.69) is 16.0 Å². The molecular weight excluding hydrogens is 314 g/mol. The first-order valence-electron chi connectivity index (χ1n) is 7.47. The van der Waals surface area contributed by atoms with Crippen LogP contribution in [0.25, 0.3) is 0 Å². The minimum Gasteiger partial charge on any atom is -0.452 e. The van der Waals surface area contributed by atoms with Crippen molar-refractivity contribution in [3.63, 3.8) is 0 Å². The summed E-state index contributed by atoms with van der Waals surface area (Å²) in [6.07, 6.45) is 0.727. The second-order valence-electron chi connectivity index (χ2n) is 5.17. The lowest BCUT2D eigenvalue weighted by molar-refractivity contribution is -0.123. The zero-order valence-electron chi connectivity index (χ0n) is 13.8. The predicted octanol–water partition coefficient (Wildman–Crippen LogP) is 1.43. The Kier molecular flexibility index (Phi) is 7.41. The van der Waals surface area contributed by atoms with E-state index in [0.717, 1.165) is 6.42 Å². The zero-order valence-corrected chi connectivity index (χ0v) is 13.8. The molecule has 3 N–H and O–H groups in total. The van der Waals surface area contributed by atoms with Crippen molar-refractivity contribution in [2.24, 2.45) is 0 Å². The van der Waals surface area contributed by atoms with Crippen molar-refractivity contribution in [3.8, 4) is 0 Å². The summed E-state index contributed by atoms with van der Waals surface area (Å²) in [6, 6.07) is 5.30. The van der Waals surface area contributed by atoms with Crippen molar-refractivity contribution in [3.05, 3.63) is 29.8 Å². The number of carbonyl (C=O) groups excluding carboxylic acids is 4. The summed E-state index contributed by atoms with van der Waals surface area (Å²) in [7, 11) is 0. The molecule has 8 nitrogen and oxygen atoms in total. The van der Waals surface area contributed by atoms with Gasteiger partial charge in [0, 0.05) is 18.7 Å². The minimum absolute atomic E-state index is 0.0672. The van der Waals surface area contributed by atoms with E-state index < -0.39 is 24.5 Å². The molecule has 0 aromatic heterocycles. The highest BCUT2D eigenvalue weighted by atomic mass is 16.5. The van der Waals surface area contributed by atoms with Crippen LogP contribution in [0, 0.1) is 0 Å². The Labute approximate surface area is 139 Å². The molecule has 1 rings (SSSR count). The molecule has 0 unspecified atom stereocenters. The highest BCUT2D eigenvalue weighted by molar-refractivity contribution is 5.97. The first kappa shape index (κ1) is 19.1. The SMILES string of the molecule is CC[C@@H](C)NC(=O)NC(=O)COC(=O)c1ccc(NC(C)=O)cc1. The van der Waals surface area contributed by atoms with E-state index >= 15 is 0 Å². The molecule has 0 radical (unpaired) electrons. The number of rotatable bonds is 6. The van der Waals surface area contributed by atoms with Crippen LogP contribution >= 0.6 is 0 Å². The minimum atomic E-state index is -0.723. The van der Waals surface area contributed by atoms with E-state index in [4.69, 9.17) is 4.74 Å². The van der Waals surface area contributed by atoms with E-state index in [1.54, 1.807) is 6.92 Å². The number of esters is 1. The Morgan fingerprint density at radius 1 is 1.12 bits per heavy atom. The molecule has 1 atom stereocenters. The number of amides is 4. The molecule has 4 amide bonds. The Balaban J connectivity index is 2.43. The fourth-order valence-corrected chi connectivity index (χ4v) is 1.63. The van der Waals surface area contributed by atoms with Gasteiger partial charge in [0.2, 0.25) is 5.91 Å². The molecule has 1 aromatic carbocycles. The molecule has 0 bridgehead atoms. The summed E-state index contributed by atoms with van der Waals surface area (Å²) in [5.41, 5.74) is 0.763. The molecule has 8 heteroatoms. The number of benzene rings is 1. The lowest BCUT2D eigenvalue weighted by atomic mass is 10.2. The van der Waals surface area contributed by atoms with Gasteiger partial charge in [-0.05, 0) is 37.6 Å². The van der Waals surface area contributed by atoms with Crippen molar-refractivity contribution in [1.29, 1.82) is 0 Å². The third kappa shape index (κ3) is 6.91. The number of anilines is 1. The Morgan fingerprint density at radius 2 is 1.75 bits per heavy atom. The van der Waals surface area contributed by atoms with Crippen LogP contribution in [0.1, 0.15) is 37.6 Å². The first-order chi connectivity index (χ1) is 11.3. The van der Waals surface area contributed by atoms with Gasteiger partial charge in [-0.3, -0.25) is 14.9 Å². The lowest BCUT2D eigenvalue weighted by Gasteiger charge is -2.11. The average molecular weight is 335 g/mol. The maximum Gasteiger partial charge on any atom is 0.338 e. The fourth-order valence-electron chi connectivity index (χ4n) is 1.63. The largest absolute Gasteiger partial charge is 0.452 e. The van der Waals surface area contributed by atoms with Crippen LogP contribution in [0.4, 0.5) is 10.5 Å². The summed E-state index contributed by atoms with van der Waals surface area (Å²) in [6.45, 7) is 4.50. The first-order valence-corrected chi connectivity index (χ1v) is 7.47. The standard InChI is InChI=1S/C16H21N3O5/c1-4-10(2)17-16(23)19-14(21)9-24-15(22)12-5-7-13(8-6-12)18-11(3)20/h5-8,10H,4,9H2,1-3H3,(H,18,20)(H2,17,19,21,23)/t10-/m1/s1. The summed E-state index contributed by atoms with van der Waals surface area (Å²) in [4.78, 5) is 45.7. The fraction of sp³-hybridized carbons (Fsp3) is 0.375. The van der Waals surface area contributed by atoms with Crippen molar-refractivity contribution in [2.75, 3.05) is 11.9 Å². The van der Waals surface area contributed by atoms with Crippen molar-refractivity contribution in [1.82, 2.24) is 10.6 Å². The van der Waals surface area contributed by atoms with Crippen LogP contribution in [-0.2, 0) is 14.3 Å². The molecule has 0 heterocycles. The molecule has 0 aliphatic heterocycles. The lowest BCUT2D eigenvalue weighted by Crippen LogP contribution is -2.44. The van der Waals surface area contributed by atoms with Crippen LogP contribution < -0.4 is 16.0 Å². The van der Waals surface area contributed by atoms with Crippen molar-refractivity contribution >= 4 is 29.5 Å². The normalized spacial score (nSPS) is 11.1. The third-order valence-corrected chi connectivity index (χ3v) is 3.02. The number of nitrogens with one attached hydrogen (secondary N) is 3. The number of ether oxygens (including phenoxy) is 1. The Bertz CT molecular complexity index is 613. The van der Waals surface area contributed by atoms with Gasteiger partial charge in [0.05, 0.1) is 5.56 Å². The molecule has 0 aliphatic rings. The molecule has 0 aliphatic carbocycles. The second-order valence-corrected chi connectivity index (χ2v) is 5.17. The number of hydrogen-bond acceptors (Lipinski definition) is 5. The molecule has 130 valence electrons. The van der Waals surface area contributed by atoms with Gasteiger partial charge in [0.25, 0.3) is 5.91 Å². The average Bonchev–Trinajstić information content (AvgIpc) is 2.52. The van der Waals surface area contributed by atoms with Gasteiger partial charge in [-0.2, -0.15) is 0 Å². The quantitative estimate of drug-likeness (QED) is 0.681. The molecule has 0 saturated carbocycles. The Morgan fingerprint density at radius 3 is 2.29 bits per heavy atom. The van der Waals surface area contributed by atoms with E-state index in [9.17, 15) is 19.2 Å². The van der Waals surface area contributed by atoms with Crippen molar-refractivity contribution < 1.29 is 23.9 Å². The summed E-state index contributed by atoms with van der Waals surface area (Å²) >= 11 is 0. The van der Waals surface area contributed by atoms with E-state index in [-0.39, 0.29) is 17.5 Å². The van der Waals surface area contributed by atoms with Crippen molar-refractivity contribution in [2.45, 2.75) is 33.2 Å². The van der Waals surface area contributed by atoms with Crippen LogP contribution in [0.15, 0.2) is 24.3 Å². The number of urea groups is 1. The molecular formula is C16H21N3O5. The Hall–Kier alpha value is -2.90. The maximum atomic E-state index is 11.8. The van der Waals surface area contributed by atoms with Gasteiger partial charge in [0.1, 0.15) is 0 Å². The highest BCUT2D eigenvalue weighted by Crippen LogP contribution is 2.10. The predicted molar refractivity (Wildman–Crippen MR) is 87.5 cm³/mol. The van der Waals surface area contributed by atoms with Gasteiger partial charge in [-0.15, -0.1) is 0 Å². The van der Waals surface area contributed by atoms with E-state index in [1.807, 2.05) is 6.92 Å². The van der Waals surface area contributed by atoms with Gasteiger partial charge in [-0.1, -0.05) is 6.92 Å². The molecule has 1 aromatic rings. The summed E-state index contributed by atoms with van der Waals surface area (Å²) < 4.78 is 4.82.